The normalized spacial score (nSPS) is 19.1. The highest BCUT2D eigenvalue weighted by Crippen LogP contribution is 2.34. The van der Waals surface area contributed by atoms with E-state index in [0.717, 1.165) is 12.8 Å². The summed E-state index contributed by atoms with van der Waals surface area (Å²) in [6.45, 7) is 1.74. The van der Waals surface area contributed by atoms with Crippen molar-refractivity contribution in [3.05, 3.63) is 35.4 Å². The Bertz CT molecular complexity index is 406. The average molecular weight is 255 g/mol. The fourth-order valence-electron chi connectivity index (χ4n) is 2.41. The quantitative estimate of drug-likeness (QED) is 0.876. The Hall–Kier alpha value is -1.06. The van der Waals surface area contributed by atoms with Crippen LogP contribution >= 0.6 is 12.4 Å². The van der Waals surface area contributed by atoms with Gasteiger partial charge in [-0.1, -0.05) is 24.3 Å². The third kappa shape index (κ3) is 2.61. The van der Waals surface area contributed by atoms with E-state index in [0.29, 0.717) is 0 Å². The van der Waals surface area contributed by atoms with Crippen molar-refractivity contribution in [3.63, 3.8) is 0 Å². The van der Waals surface area contributed by atoms with E-state index in [9.17, 15) is 4.79 Å². The minimum atomic E-state index is -0.419. The summed E-state index contributed by atoms with van der Waals surface area (Å²) in [5.74, 6) is 0.0155. The Morgan fingerprint density at radius 1 is 1.47 bits per heavy atom. The smallest absolute Gasteiger partial charge is 0.239 e. The molecule has 1 aliphatic carbocycles. The molecular weight excluding hydrogens is 236 g/mol. The highest BCUT2D eigenvalue weighted by molar-refractivity contribution is 5.85. The van der Waals surface area contributed by atoms with Crippen LogP contribution in [0.2, 0.25) is 0 Å². The van der Waals surface area contributed by atoms with Crippen LogP contribution in [-0.4, -0.2) is 23.9 Å². The van der Waals surface area contributed by atoms with E-state index >= 15 is 0 Å². The van der Waals surface area contributed by atoms with Gasteiger partial charge in [-0.25, -0.2) is 0 Å². The van der Waals surface area contributed by atoms with Crippen LogP contribution in [0.1, 0.15) is 30.5 Å². The Kier molecular flexibility index (Phi) is 4.54. The molecule has 0 saturated heterocycles. The van der Waals surface area contributed by atoms with Crippen LogP contribution in [0.15, 0.2) is 24.3 Å². The molecule has 4 heteroatoms. The van der Waals surface area contributed by atoms with Gasteiger partial charge in [-0.15, -0.1) is 12.4 Å². The summed E-state index contributed by atoms with van der Waals surface area (Å²) in [5, 5.41) is 0. The Balaban J connectivity index is 0.00000144. The standard InChI is InChI=1S/C13H18N2O.ClH/c1-9(14)13(16)15(2)12-8-7-10-5-3-4-6-11(10)12;/h3-6,9,12H,7-8,14H2,1-2H3;1H. The Morgan fingerprint density at radius 2 is 2.12 bits per heavy atom. The van der Waals surface area contributed by atoms with E-state index in [2.05, 4.69) is 18.2 Å². The summed E-state index contributed by atoms with van der Waals surface area (Å²) in [6.07, 6.45) is 2.06. The summed E-state index contributed by atoms with van der Waals surface area (Å²) < 4.78 is 0. The maximum Gasteiger partial charge on any atom is 0.239 e. The molecule has 2 atom stereocenters. The second-order valence-corrected chi connectivity index (χ2v) is 4.49. The van der Waals surface area contributed by atoms with Crippen molar-refractivity contribution >= 4 is 18.3 Å². The molecule has 2 unspecified atom stereocenters. The number of rotatable bonds is 2. The van der Waals surface area contributed by atoms with Crippen LogP contribution in [0, 0.1) is 0 Å². The third-order valence-corrected chi connectivity index (χ3v) is 3.31. The number of carbonyl (C=O) groups is 1. The van der Waals surface area contributed by atoms with Crippen LogP contribution in [0.4, 0.5) is 0 Å². The van der Waals surface area contributed by atoms with E-state index in [1.807, 2.05) is 13.1 Å². The molecule has 0 bridgehead atoms. The van der Waals surface area contributed by atoms with E-state index in [1.54, 1.807) is 11.8 Å². The number of halogens is 1. The summed E-state index contributed by atoms with van der Waals surface area (Å²) in [5.41, 5.74) is 8.27. The Labute approximate surface area is 108 Å². The van der Waals surface area contributed by atoms with Gasteiger partial charge in [-0.05, 0) is 30.9 Å². The lowest BCUT2D eigenvalue weighted by Gasteiger charge is -2.27. The molecule has 1 aromatic rings. The molecule has 0 spiro atoms. The molecule has 3 nitrogen and oxygen atoms in total. The SMILES string of the molecule is CC(N)C(=O)N(C)C1CCc2ccccc21.Cl. The van der Waals surface area contributed by atoms with Gasteiger partial charge in [0.1, 0.15) is 0 Å². The van der Waals surface area contributed by atoms with Gasteiger partial charge in [0, 0.05) is 7.05 Å². The van der Waals surface area contributed by atoms with Gasteiger partial charge >= 0.3 is 0 Å². The number of aryl methyl sites for hydroxylation is 1. The lowest BCUT2D eigenvalue weighted by Crippen LogP contribution is -2.41. The topological polar surface area (TPSA) is 46.3 Å². The number of likely N-dealkylation sites (N-methyl/N-ethyl adjacent to an activating group) is 1. The van der Waals surface area contributed by atoms with E-state index < -0.39 is 6.04 Å². The first-order valence-corrected chi connectivity index (χ1v) is 5.71. The number of hydrogen-bond acceptors (Lipinski definition) is 2. The molecule has 0 heterocycles. The van der Waals surface area contributed by atoms with Gasteiger partial charge < -0.3 is 10.6 Å². The van der Waals surface area contributed by atoms with Crippen LogP contribution in [0.5, 0.6) is 0 Å². The number of hydrogen-bond donors (Lipinski definition) is 1. The average Bonchev–Trinajstić information content (AvgIpc) is 2.70. The fourth-order valence-corrected chi connectivity index (χ4v) is 2.41. The van der Waals surface area contributed by atoms with Crippen LogP contribution in [0.3, 0.4) is 0 Å². The number of benzene rings is 1. The lowest BCUT2D eigenvalue weighted by molar-refractivity contribution is -0.133. The first-order chi connectivity index (χ1) is 7.61. The van der Waals surface area contributed by atoms with Crippen molar-refractivity contribution in [2.45, 2.75) is 31.8 Å². The first kappa shape index (κ1) is 14.0. The summed E-state index contributed by atoms with van der Waals surface area (Å²) in [4.78, 5) is 13.6. The van der Waals surface area contributed by atoms with Gasteiger partial charge in [-0.2, -0.15) is 0 Å². The van der Waals surface area contributed by atoms with Gasteiger partial charge in [0.05, 0.1) is 12.1 Å². The molecule has 0 radical (unpaired) electrons. The molecule has 1 aromatic carbocycles. The van der Waals surface area contributed by atoms with Gasteiger partial charge in [0.15, 0.2) is 0 Å². The molecule has 0 aromatic heterocycles. The molecule has 2 N–H and O–H groups in total. The van der Waals surface area contributed by atoms with Crippen LogP contribution < -0.4 is 5.73 Å². The minimum Gasteiger partial charge on any atom is -0.337 e. The van der Waals surface area contributed by atoms with Crippen molar-refractivity contribution in [1.82, 2.24) is 4.90 Å². The molecule has 1 amide bonds. The maximum atomic E-state index is 11.8. The molecule has 0 fully saturated rings. The van der Waals surface area contributed by atoms with Crippen molar-refractivity contribution in [1.29, 1.82) is 0 Å². The van der Waals surface area contributed by atoms with Crippen molar-refractivity contribution in [3.8, 4) is 0 Å². The van der Waals surface area contributed by atoms with Crippen molar-refractivity contribution in [2.24, 2.45) is 5.73 Å². The molecule has 17 heavy (non-hydrogen) atoms. The fraction of sp³-hybridized carbons (Fsp3) is 0.462. The van der Waals surface area contributed by atoms with Crippen LogP contribution in [-0.2, 0) is 11.2 Å². The first-order valence-electron chi connectivity index (χ1n) is 5.71. The van der Waals surface area contributed by atoms with Gasteiger partial charge in [0.25, 0.3) is 0 Å². The molecule has 1 aliphatic rings. The van der Waals surface area contributed by atoms with E-state index in [4.69, 9.17) is 5.73 Å². The largest absolute Gasteiger partial charge is 0.337 e. The minimum absolute atomic E-state index is 0. The summed E-state index contributed by atoms with van der Waals surface area (Å²) in [6, 6.07) is 8.11. The van der Waals surface area contributed by atoms with Gasteiger partial charge in [0.2, 0.25) is 5.91 Å². The Morgan fingerprint density at radius 3 is 2.76 bits per heavy atom. The number of nitrogens with two attached hydrogens (primary N) is 1. The zero-order valence-corrected chi connectivity index (χ0v) is 11.0. The second-order valence-electron chi connectivity index (χ2n) is 4.49. The number of fused-ring (bicyclic) bond motifs is 1. The zero-order valence-electron chi connectivity index (χ0n) is 10.2. The van der Waals surface area contributed by atoms with Crippen molar-refractivity contribution < 1.29 is 4.79 Å². The van der Waals surface area contributed by atoms with E-state index in [-0.39, 0.29) is 24.4 Å². The molecular formula is C13H19ClN2O. The molecule has 0 saturated carbocycles. The third-order valence-electron chi connectivity index (χ3n) is 3.31. The highest BCUT2D eigenvalue weighted by Gasteiger charge is 2.29. The predicted octanol–water partition coefficient (Wildman–Crippen LogP) is 1.90. The molecule has 94 valence electrons. The maximum absolute atomic E-state index is 11.8. The highest BCUT2D eigenvalue weighted by atomic mass is 35.5. The van der Waals surface area contributed by atoms with Crippen molar-refractivity contribution in [2.75, 3.05) is 7.05 Å². The van der Waals surface area contributed by atoms with Crippen LogP contribution in [0.25, 0.3) is 0 Å². The second kappa shape index (κ2) is 5.52. The predicted molar refractivity (Wildman–Crippen MR) is 71.2 cm³/mol. The molecule has 0 aliphatic heterocycles. The number of amides is 1. The number of nitrogens with zero attached hydrogens (tertiary/aromatic N) is 1. The summed E-state index contributed by atoms with van der Waals surface area (Å²) >= 11 is 0. The molecule has 2 rings (SSSR count). The summed E-state index contributed by atoms with van der Waals surface area (Å²) in [7, 11) is 1.85. The van der Waals surface area contributed by atoms with Gasteiger partial charge in [-0.3, -0.25) is 4.79 Å². The number of carbonyl (C=O) groups excluding carboxylic acids is 1. The van der Waals surface area contributed by atoms with E-state index in [1.165, 1.54) is 11.1 Å². The zero-order chi connectivity index (χ0) is 11.7. The lowest BCUT2D eigenvalue weighted by atomic mass is 10.1. The monoisotopic (exact) mass is 254 g/mol.